The van der Waals surface area contributed by atoms with E-state index < -0.39 is 0 Å². The van der Waals surface area contributed by atoms with Crippen molar-refractivity contribution in [2.24, 2.45) is 0 Å². The molecule has 2 aromatic heterocycles. The molecule has 0 unspecified atom stereocenters. The number of pyridine rings is 1. The smallest absolute Gasteiger partial charge is 0.244 e. The van der Waals surface area contributed by atoms with Crippen molar-refractivity contribution in [1.29, 1.82) is 0 Å². The van der Waals surface area contributed by atoms with Crippen molar-refractivity contribution in [2.75, 3.05) is 0 Å². The SMILES string of the molecule is O=C(/C=C/c1ccc(OCc2ccccc2)cc1)NCc1cn2cccc(O)c2n1. The summed E-state index contributed by atoms with van der Waals surface area (Å²) in [4.78, 5) is 16.4. The normalized spacial score (nSPS) is 11.1. The van der Waals surface area contributed by atoms with E-state index in [9.17, 15) is 9.90 Å². The van der Waals surface area contributed by atoms with Gasteiger partial charge in [0.25, 0.3) is 0 Å². The van der Waals surface area contributed by atoms with Crippen molar-refractivity contribution in [2.45, 2.75) is 13.2 Å². The van der Waals surface area contributed by atoms with Gasteiger partial charge in [-0.3, -0.25) is 4.79 Å². The Balaban J connectivity index is 1.28. The van der Waals surface area contributed by atoms with Crippen molar-refractivity contribution in [3.05, 3.63) is 102 Å². The molecule has 4 aromatic rings. The predicted octanol–water partition coefficient (Wildman–Crippen LogP) is 3.95. The number of nitrogens with one attached hydrogen (secondary N) is 1. The molecule has 2 aromatic carbocycles. The fourth-order valence-electron chi connectivity index (χ4n) is 2.96. The Morgan fingerprint density at radius 1 is 1.07 bits per heavy atom. The van der Waals surface area contributed by atoms with Crippen molar-refractivity contribution < 1.29 is 14.6 Å². The van der Waals surface area contributed by atoms with Crippen LogP contribution in [0.2, 0.25) is 0 Å². The molecule has 0 fully saturated rings. The van der Waals surface area contributed by atoms with Gasteiger partial charge in [-0.1, -0.05) is 42.5 Å². The van der Waals surface area contributed by atoms with E-state index in [0.29, 0.717) is 17.9 Å². The number of hydrogen-bond donors (Lipinski definition) is 2. The van der Waals surface area contributed by atoms with Crippen molar-refractivity contribution in [3.63, 3.8) is 0 Å². The van der Waals surface area contributed by atoms with Crippen LogP contribution in [-0.2, 0) is 17.9 Å². The highest BCUT2D eigenvalue weighted by atomic mass is 16.5. The summed E-state index contributed by atoms with van der Waals surface area (Å²) in [6.07, 6.45) is 6.78. The van der Waals surface area contributed by atoms with Crippen LogP contribution in [0, 0.1) is 0 Å². The topological polar surface area (TPSA) is 75.9 Å². The maximum absolute atomic E-state index is 12.1. The van der Waals surface area contributed by atoms with E-state index in [1.54, 1.807) is 35.0 Å². The van der Waals surface area contributed by atoms with Crippen LogP contribution in [-0.4, -0.2) is 20.4 Å². The van der Waals surface area contributed by atoms with Gasteiger partial charge in [0, 0.05) is 18.5 Å². The molecule has 0 aliphatic heterocycles. The standard InChI is InChI=1S/C24H21N3O3/c28-22-7-4-14-27-16-20(26-24(22)27)15-25-23(29)13-10-18-8-11-21(12-9-18)30-17-19-5-2-1-3-6-19/h1-14,16,28H,15,17H2,(H,25,29)/b13-10+. The molecule has 0 saturated heterocycles. The molecule has 4 rings (SSSR count). The van der Waals surface area contributed by atoms with Gasteiger partial charge in [-0.25, -0.2) is 4.98 Å². The summed E-state index contributed by atoms with van der Waals surface area (Å²) < 4.78 is 7.48. The molecular weight excluding hydrogens is 378 g/mol. The summed E-state index contributed by atoms with van der Waals surface area (Å²) in [7, 11) is 0. The van der Waals surface area contributed by atoms with Gasteiger partial charge in [-0.15, -0.1) is 0 Å². The van der Waals surface area contributed by atoms with Crippen molar-refractivity contribution in [3.8, 4) is 11.5 Å². The summed E-state index contributed by atoms with van der Waals surface area (Å²) in [5, 5.41) is 12.6. The van der Waals surface area contributed by atoms with Gasteiger partial charge >= 0.3 is 0 Å². The number of aromatic hydroxyl groups is 1. The third kappa shape index (κ3) is 4.86. The summed E-state index contributed by atoms with van der Waals surface area (Å²) >= 11 is 0. The summed E-state index contributed by atoms with van der Waals surface area (Å²) in [6.45, 7) is 0.788. The third-order valence-electron chi connectivity index (χ3n) is 4.51. The largest absolute Gasteiger partial charge is 0.504 e. The lowest BCUT2D eigenvalue weighted by Crippen LogP contribution is -2.20. The highest BCUT2D eigenvalue weighted by Gasteiger charge is 2.06. The molecule has 0 saturated carbocycles. The molecule has 1 amide bonds. The van der Waals surface area contributed by atoms with Crippen LogP contribution in [0.25, 0.3) is 11.7 Å². The van der Waals surface area contributed by atoms with Crippen LogP contribution in [0.15, 0.2) is 85.2 Å². The third-order valence-corrected chi connectivity index (χ3v) is 4.51. The fraction of sp³-hybridized carbons (Fsp3) is 0.0833. The number of imidazole rings is 1. The minimum absolute atomic E-state index is 0.103. The maximum atomic E-state index is 12.1. The van der Waals surface area contributed by atoms with E-state index in [4.69, 9.17) is 4.74 Å². The van der Waals surface area contributed by atoms with Crippen LogP contribution >= 0.6 is 0 Å². The number of carbonyl (C=O) groups excluding carboxylic acids is 1. The van der Waals surface area contributed by atoms with Crippen LogP contribution in [0.4, 0.5) is 0 Å². The molecule has 6 heteroatoms. The number of ether oxygens (including phenoxy) is 1. The molecule has 0 aliphatic carbocycles. The molecule has 0 aliphatic rings. The first-order chi connectivity index (χ1) is 14.7. The Morgan fingerprint density at radius 2 is 1.87 bits per heavy atom. The van der Waals surface area contributed by atoms with Gasteiger partial charge in [-0.2, -0.15) is 0 Å². The first kappa shape index (κ1) is 19.3. The summed E-state index contributed by atoms with van der Waals surface area (Å²) in [5.41, 5.74) is 3.14. The van der Waals surface area contributed by atoms with Crippen molar-refractivity contribution in [1.82, 2.24) is 14.7 Å². The number of rotatable bonds is 7. The zero-order valence-corrected chi connectivity index (χ0v) is 16.2. The van der Waals surface area contributed by atoms with Crippen LogP contribution < -0.4 is 10.1 Å². The second-order valence-electron chi connectivity index (χ2n) is 6.75. The number of fused-ring (bicyclic) bond motifs is 1. The average Bonchev–Trinajstić information content (AvgIpc) is 3.21. The monoisotopic (exact) mass is 399 g/mol. The highest BCUT2D eigenvalue weighted by molar-refractivity contribution is 5.91. The second kappa shape index (κ2) is 8.96. The Labute approximate surface area is 174 Å². The van der Waals surface area contributed by atoms with E-state index in [2.05, 4.69) is 10.3 Å². The Bertz CT molecular complexity index is 1170. The molecule has 0 atom stereocenters. The molecular formula is C24H21N3O3. The number of aromatic nitrogens is 2. The van der Waals surface area contributed by atoms with Crippen LogP contribution in [0.5, 0.6) is 11.5 Å². The number of amides is 1. The quantitative estimate of drug-likeness (QED) is 0.462. The van der Waals surface area contributed by atoms with Gasteiger partial charge in [0.15, 0.2) is 11.4 Å². The summed E-state index contributed by atoms with van der Waals surface area (Å²) in [5.74, 6) is 0.655. The first-order valence-electron chi connectivity index (χ1n) is 9.56. The molecule has 2 heterocycles. The molecule has 150 valence electrons. The van der Waals surface area contributed by atoms with E-state index in [0.717, 1.165) is 16.9 Å². The number of carbonyl (C=O) groups is 1. The number of hydrogen-bond acceptors (Lipinski definition) is 4. The lowest BCUT2D eigenvalue weighted by Gasteiger charge is -2.06. The minimum Gasteiger partial charge on any atom is -0.504 e. The Morgan fingerprint density at radius 3 is 2.63 bits per heavy atom. The van der Waals surface area contributed by atoms with E-state index >= 15 is 0 Å². The van der Waals surface area contributed by atoms with E-state index in [1.165, 1.54) is 6.08 Å². The van der Waals surface area contributed by atoms with Gasteiger partial charge in [0.2, 0.25) is 5.91 Å². The van der Waals surface area contributed by atoms with E-state index in [-0.39, 0.29) is 18.2 Å². The minimum atomic E-state index is -0.222. The molecule has 2 N–H and O–H groups in total. The number of nitrogens with zero attached hydrogens (tertiary/aromatic N) is 2. The lowest BCUT2D eigenvalue weighted by atomic mass is 10.2. The van der Waals surface area contributed by atoms with Gasteiger partial charge < -0.3 is 19.6 Å². The van der Waals surface area contributed by atoms with Gasteiger partial charge in [-0.05, 0) is 41.5 Å². The molecule has 0 bridgehead atoms. The van der Waals surface area contributed by atoms with Gasteiger partial charge in [0.05, 0.1) is 12.2 Å². The summed E-state index contributed by atoms with van der Waals surface area (Å²) in [6, 6.07) is 20.8. The first-order valence-corrected chi connectivity index (χ1v) is 9.56. The zero-order valence-electron chi connectivity index (χ0n) is 16.2. The van der Waals surface area contributed by atoms with Crippen LogP contribution in [0.3, 0.4) is 0 Å². The predicted molar refractivity (Wildman–Crippen MR) is 115 cm³/mol. The molecule has 0 spiro atoms. The Hall–Kier alpha value is -4.06. The Kier molecular flexibility index (Phi) is 5.75. The van der Waals surface area contributed by atoms with Crippen LogP contribution in [0.1, 0.15) is 16.8 Å². The molecule has 0 radical (unpaired) electrons. The van der Waals surface area contributed by atoms with Gasteiger partial charge in [0.1, 0.15) is 12.4 Å². The lowest BCUT2D eigenvalue weighted by molar-refractivity contribution is -0.116. The highest BCUT2D eigenvalue weighted by Crippen LogP contribution is 2.17. The zero-order chi connectivity index (χ0) is 20.8. The average molecular weight is 399 g/mol. The van der Waals surface area contributed by atoms with Crippen molar-refractivity contribution >= 4 is 17.6 Å². The maximum Gasteiger partial charge on any atom is 0.244 e. The fourth-order valence-corrected chi connectivity index (χ4v) is 2.96. The molecule has 30 heavy (non-hydrogen) atoms. The number of benzene rings is 2. The molecule has 6 nitrogen and oxygen atoms in total. The van der Waals surface area contributed by atoms with E-state index in [1.807, 2.05) is 54.6 Å². The second-order valence-corrected chi connectivity index (χ2v) is 6.75.